The molecule has 0 aliphatic heterocycles. The first-order valence-corrected chi connectivity index (χ1v) is 8.32. The van der Waals surface area contributed by atoms with Gasteiger partial charge in [-0.05, 0) is 20.3 Å². The second kappa shape index (κ2) is 9.57. The van der Waals surface area contributed by atoms with E-state index in [0.717, 1.165) is 37.7 Å². The number of hydrogen-bond donors (Lipinski definition) is 2. The molecule has 0 saturated heterocycles. The molecule has 0 unspecified atom stereocenters. The number of hydrogen-bond acceptors (Lipinski definition) is 6. The van der Waals surface area contributed by atoms with E-state index in [4.69, 9.17) is 10.5 Å². The van der Waals surface area contributed by atoms with Crippen molar-refractivity contribution in [1.29, 1.82) is 0 Å². The van der Waals surface area contributed by atoms with Crippen LogP contribution in [-0.2, 0) is 4.74 Å². The third-order valence-electron chi connectivity index (χ3n) is 3.06. The molecule has 0 aliphatic rings. The van der Waals surface area contributed by atoms with E-state index < -0.39 is 0 Å². The van der Waals surface area contributed by atoms with Crippen molar-refractivity contribution in [3.05, 3.63) is 4.88 Å². The molecule has 1 aromatic heterocycles. The minimum Gasteiger partial charge on any atom is -0.382 e. The highest BCUT2D eigenvalue weighted by molar-refractivity contribution is 7.18. The Labute approximate surface area is 130 Å². The van der Waals surface area contributed by atoms with Crippen LogP contribution in [0.3, 0.4) is 0 Å². The second-order valence-corrected chi connectivity index (χ2v) is 5.58. The summed E-state index contributed by atoms with van der Waals surface area (Å²) in [7, 11) is 0. The van der Waals surface area contributed by atoms with Gasteiger partial charge in [-0.1, -0.05) is 24.7 Å². The molecule has 7 heteroatoms. The number of anilines is 2. The predicted molar refractivity (Wildman–Crippen MR) is 88.1 cm³/mol. The lowest BCUT2D eigenvalue weighted by molar-refractivity contribution is 0.0917. The van der Waals surface area contributed by atoms with E-state index in [0.29, 0.717) is 23.8 Å². The van der Waals surface area contributed by atoms with E-state index in [-0.39, 0.29) is 5.91 Å². The molecule has 0 spiro atoms. The fourth-order valence-electron chi connectivity index (χ4n) is 1.78. The lowest BCUT2D eigenvalue weighted by Crippen LogP contribution is -2.27. The van der Waals surface area contributed by atoms with Crippen molar-refractivity contribution in [2.24, 2.45) is 0 Å². The fraction of sp³-hybridized carbons (Fsp3) is 0.714. The van der Waals surface area contributed by atoms with Gasteiger partial charge in [0, 0.05) is 26.2 Å². The summed E-state index contributed by atoms with van der Waals surface area (Å²) in [5.41, 5.74) is 5.84. The number of rotatable bonds is 10. The van der Waals surface area contributed by atoms with Crippen LogP contribution in [-0.4, -0.2) is 43.7 Å². The van der Waals surface area contributed by atoms with E-state index >= 15 is 0 Å². The fourth-order valence-corrected chi connectivity index (χ4v) is 2.81. The van der Waals surface area contributed by atoms with Gasteiger partial charge in [0.15, 0.2) is 5.13 Å². The molecule has 3 N–H and O–H groups in total. The highest BCUT2D eigenvalue weighted by Gasteiger charge is 2.18. The van der Waals surface area contributed by atoms with Crippen LogP contribution in [0, 0.1) is 0 Å². The van der Waals surface area contributed by atoms with Crippen LogP contribution < -0.4 is 16.0 Å². The van der Waals surface area contributed by atoms with Crippen LogP contribution in [0.5, 0.6) is 0 Å². The zero-order valence-electron chi connectivity index (χ0n) is 13.1. The van der Waals surface area contributed by atoms with Gasteiger partial charge in [0.05, 0.1) is 6.61 Å². The molecule has 6 nitrogen and oxygen atoms in total. The number of nitrogen functional groups attached to an aromatic ring is 1. The van der Waals surface area contributed by atoms with Gasteiger partial charge in [0.1, 0.15) is 10.7 Å². The molecule has 120 valence electrons. The minimum atomic E-state index is -0.178. The molecule has 1 aromatic rings. The Hall–Kier alpha value is -1.34. The number of ether oxygens (including phenoxy) is 1. The Morgan fingerprint density at radius 2 is 2.05 bits per heavy atom. The Kier molecular flexibility index (Phi) is 8.07. The average Bonchev–Trinajstić information content (AvgIpc) is 2.86. The lowest BCUT2D eigenvalue weighted by atomic mass is 10.4. The second-order valence-electron chi connectivity index (χ2n) is 4.60. The maximum absolute atomic E-state index is 12.1. The van der Waals surface area contributed by atoms with Crippen molar-refractivity contribution in [3.8, 4) is 0 Å². The first-order valence-electron chi connectivity index (χ1n) is 7.51. The summed E-state index contributed by atoms with van der Waals surface area (Å²) < 4.78 is 5.40. The minimum absolute atomic E-state index is 0.178. The zero-order chi connectivity index (χ0) is 15.7. The third kappa shape index (κ3) is 5.51. The van der Waals surface area contributed by atoms with Gasteiger partial charge in [-0.15, -0.1) is 0 Å². The van der Waals surface area contributed by atoms with Gasteiger partial charge in [-0.3, -0.25) is 4.79 Å². The largest absolute Gasteiger partial charge is 0.382 e. The van der Waals surface area contributed by atoms with Gasteiger partial charge in [-0.25, -0.2) is 4.98 Å². The first kappa shape index (κ1) is 17.7. The normalized spacial score (nSPS) is 10.6. The molecule has 0 atom stereocenters. The maximum Gasteiger partial charge on any atom is 0.265 e. The molecule has 0 saturated carbocycles. The molecule has 1 rings (SSSR count). The van der Waals surface area contributed by atoms with Crippen LogP contribution in [0.25, 0.3) is 0 Å². The Morgan fingerprint density at radius 3 is 2.67 bits per heavy atom. The number of nitrogens with zero attached hydrogens (tertiary/aromatic N) is 2. The number of aromatic nitrogens is 1. The van der Waals surface area contributed by atoms with Crippen LogP contribution in [0.2, 0.25) is 0 Å². The summed E-state index contributed by atoms with van der Waals surface area (Å²) in [6.45, 7) is 9.65. The summed E-state index contributed by atoms with van der Waals surface area (Å²) in [6.07, 6.45) is 2.15. The van der Waals surface area contributed by atoms with Gasteiger partial charge >= 0.3 is 0 Å². The van der Waals surface area contributed by atoms with E-state index in [1.807, 2.05) is 0 Å². The van der Waals surface area contributed by atoms with Crippen LogP contribution in [0.15, 0.2) is 0 Å². The Bertz CT molecular complexity index is 433. The van der Waals surface area contributed by atoms with Gasteiger partial charge in [0.2, 0.25) is 0 Å². The topological polar surface area (TPSA) is 80.5 Å². The SMILES string of the molecule is CCCCOCCNC(=O)c1sc(N(CC)CC)nc1N. The summed E-state index contributed by atoms with van der Waals surface area (Å²) in [5.74, 6) is 0.119. The number of nitrogens with one attached hydrogen (secondary N) is 1. The highest BCUT2D eigenvalue weighted by atomic mass is 32.1. The lowest BCUT2D eigenvalue weighted by Gasteiger charge is -2.16. The Morgan fingerprint density at radius 1 is 1.33 bits per heavy atom. The van der Waals surface area contributed by atoms with Crippen molar-refractivity contribution in [1.82, 2.24) is 10.3 Å². The van der Waals surface area contributed by atoms with Crippen molar-refractivity contribution in [3.63, 3.8) is 0 Å². The van der Waals surface area contributed by atoms with Gasteiger partial charge < -0.3 is 20.7 Å². The molecular formula is C14H26N4O2S. The summed E-state index contributed by atoms with van der Waals surface area (Å²) in [5, 5.41) is 3.61. The number of unbranched alkanes of at least 4 members (excludes halogenated alkanes) is 1. The molecular weight excluding hydrogens is 288 g/mol. The number of amides is 1. The molecule has 0 fully saturated rings. The van der Waals surface area contributed by atoms with E-state index in [2.05, 4.69) is 36.0 Å². The van der Waals surface area contributed by atoms with Crippen molar-refractivity contribution in [2.75, 3.05) is 43.5 Å². The third-order valence-corrected chi connectivity index (χ3v) is 4.19. The van der Waals surface area contributed by atoms with E-state index in [9.17, 15) is 4.79 Å². The van der Waals surface area contributed by atoms with Gasteiger partial charge in [0.25, 0.3) is 5.91 Å². The predicted octanol–water partition coefficient (Wildman–Crippen LogP) is 2.12. The van der Waals surface area contributed by atoms with Crippen molar-refractivity contribution in [2.45, 2.75) is 33.6 Å². The van der Waals surface area contributed by atoms with Crippen LogP contribution >= 0.6 is 11.3 Å². The summed E-state index contributed by atoms with van der Waals surface area (Å²) >= 11 is 1.33. The molecule has 0 aliphatic carbocycles. The summed E-state index contributed by atoms with van der Waals surface area (Å²) in [4.78, 5) is 18.9. The molecule has 1 amide bonds. The average molecular weight is 314 g/mol. The number of carbonyl (C=O) groups excluding carboxylic acids is 1. The van der Waals surface area contributed by atoms with Crippen LogP contribution in [0.4, 0.5) is 10.9 Å². The monoisotopic (exact) mass is 314 g/mol. The van der Waals surface area contributed by atoms with Crippen molar-refractivity contribution >= 4 is 28.2 Å². The highest BCUT2D eigenvalue weighted by Crippen LogP contribution is 2.27. The molecule has 1 heterocycles. The number of carbonyl (C=O) groups is 1. The molecule has 0 radical (unpaired) electrons. The van der Waals surface area contributed by atoms with Gasteiger partial charge in [-0.2, -0.15) is 0 Å². The molecule has 0 aromatic carbocycles. The quantitative estimate of drug-likeness (QED) is 0.647. The molecule has 0 bridgehead atoms. The smallest absolute Gasteiger partial charge is 0.265 e. The van der Waals surface area contributed by atoms with Crippen molar-refractivity contribution < 1.29 is 9.53 Å². The summed E-state index contributed by atoms with van der Waals surface area (Å²) in [6, 6.07) is 0. The van der Waals surface area contributed by atoms with E-state index in [1.54, 1.807) is 0 Å². The zero-order valence-corrected chi connectivity index (χ0v) is 14.0. The molecule has 21 heavy (non-hydrogen) atoms. The number of nitrogens with two attached hydrogens (primary N) is 1. The van der Waals surface area contributed by atoms with E-state index in [1.165, 1.54) is 11.3 Å². The Balaban J connectivity index is 2.47. The standard InChI is InChI=1S/C14H26N4O2S/c1-4-7-9-20-10-8-16-13(19)11-12(15)17-14(21-11)18(5-2)6-3/h4-10,15H2,1-3H3,(H,16,19). The maximum atomic E-state index is 12.1. The number of thiazole rings is 1. The van der Waals surface area contributed by atoms with Crippen LogP contribution in [0.1, 0.15) is 43.3 Å². The first-order chi connectivity index (χ1) is 10.1.